The number of hydrogen-bond donors (Lipinski definition) is 0. The maximum absolute atomic E-state index is 5.87. The first-order valence-corrected chi connectivity index (χ1v) is 8.03. The largest absolute Gasteiger partial charge is 0.487 e. The van der Waals surface area contributed by atoms with Gasteiger partial charge in [0.25, 0.3) is 0 Å². The zero-order valence-corrected chi connectivity index (χ0v) is 15.1. The van der Waals surface area contributed by atoms with Crippen LogP contribution in [0.15, 0.2) is 12.1 Å². The fourth-order valence-electron chi connectivity index (χ4n) is 1.91. The van der Waals surface area contributed by atoms with Gasteiger partial charge >= 0.3 is 0 Å². The lowest BCUT2D eigenvalue weighted by molar-refractivity contribution is 0.181. The molecule has 0 N–H and O–H groups in total. The number of hydrogen-bond acceptors (Lipinski definition) is 4. The summed E-state index contributed by atoms with van der Waals surface area (Å²) < 4.78 is 23.5. The van der Waals surface area contributed by atoms with E-state index in [0.29, 0.717) is 23.0 Å². The lowest BCUT2D eigenvalue weighted by atomic mass is 10.2. The molecule has 0 unspecified atom stereocenters. The molecule has 0 radical (unpaired) electrons. The van der Waals surface area contributed by atoms with Gasteiger partial charge in [-0.1, -0.05) is 0 Å². The van der Waals surface area contributed by atoms with Crippen LogP contribution < -0.4 is 18.9 Å². The van der Waals surface area contributed by atoms with Crippen molar-refractivity contribution in [2.24, 2.45) is 0 Å². The van der Waals surface area contributed by atoms with Crippen LogP contribution in [0.5, 0.6) is 23.0 Å². The summed E-state index contributed by atoms with van der Waals surface area (Å²) in [5.41, 5.74) is 0. The molecule has 0 saturated carbocycles. The van der Waals surface area contributed by atoms with Crippen molar-refractivity contribution < 1.29 is 18.9 Å². The Kier molecular flexibility index (Phi) is 6.85. The molecule has 1 aromatic rings. The predicted molar refractivity (Wildman–Crippen MR) is 89.5 cm³/mol. The fraction of sp³-hybridized carbons (Fsp3) is 0.667. The van der Waals surface area contributed by atoms with Gasteiger partial charge in [0.1, 0.15) is 0 Å². The molecule has 0 saturated heterocycles. The summed E-state index contributed by atoms with van der Waals surface area (Å²) in [5, 5.41) is 0. The summed E-state index contributed by atoms with van der Waals surface area (Å²) in [6.45, 7) is 15.9. The van der Waals surface area contributed by atoms with Crippen LogP contribution in [-0.4, -0.2) is 24.4 Å². The Morgan fingerprint density at radius 3 is 0.773 bits per heavy atom. The lowest BCUT2D eigenvalue weighted by Crippen LogP contribution is -2.14. The molecule has 4 heteroatoms. The van der Waals surface area contributed by atoms with E-state index in [4.69, 9.17) is 18.9 Å². The molecule has 4 nitrogen and oxygen atoms in total. The second-order valence-corrected chi connectivity index (χ2v) is 6.41. The Hall–Kier alpha value is -1.58. The maximum atomic E-state index is 5.87. The molecular weight excluding hydrogens is 280 g/mol. The molecule has 0 aliphatic heterocycles. The zero-order chi connectivity index (χ0) is 16.9. The molecular formula is C18H30O4. The molecule has 0 aliphatic carbocycles. The first kappa shape index (κ1) is 18.5. The van der Waals surface area contributed by atoms with Gasteiger partial charge in [-0.3, -0.25) is 0 Å². The topological polar surface area (TPSA) is 36.9 Å². The van der Waals surface area contributed by atoms with Crippen LogP contribution >= 0.6 is 0 Å². The second kappa shape index (κ2) is 8.16. The van der Waals surface area contributed by atoms with E-state index in [1.54, 1.807) is 0 Å². The summed E-state index contributed by atoms with van der Waals surface area (Å²) in [5.74, 6) is 2.71. The van der Waals surface area contributed by atoms with Crippen molar-refractivity contribution in [2.75, 3.05) is 0 Å². The Labute approximate surface area is 134 Å². The van der Waals surface area contributed by atoms with Gasteiger partial charge in [-0.25, -0.2) is 0 Å². The van der Waals surface area contributed by atoms with E-state index in [9.17, 15) is 0 Å². The molecule has 126 valence electrons. The fourth-order valence-corrected chi connectivity index (χ4v) is 1.91. The SMILES string of the molecule is CC(C)Oc1cc(OC(C)C)c(OC(C)C)cc1OC(C)C. The number of rotatable bonds is 8. The average Bonchev–Trinajstić information content (AvgIpc) is 2.31. The van der Waals surface area contributed by atoms with Crippen molar-refractivity contribution in [3.8, 4) is 23.0 Å². The van der Waals surface area contributed by atoms with Crippen LogP contribution in [0.1, 0.15) is 55.4 Å². The van der Waals surface area contributed by atoms with E-state index < -0.39 is 0 Å². The normalized spacial score (nSPS) is 11.5. The van der Waals surface area contributed by atoms with E-state index in [2.05, 4.69) is 0 Å². The van der Waals surface area contributed by atoms with Gasteiger partial charge in [0.15, 0.2) is 23.0 Å². The molecule has 0 aliphatic rings. The monoisotopic (exact) mass is 310 g/mol. The quantitative estimate of drug-likeness (QED) is 0.689. The first-order chi connectivity index (χ1) is 10.2. The van der Waals surface area contributed by atoms with E-state index >= 15 is 0 Å². The van der Waals surface area contributed by atoms with Gasteiger partial charge in [0, 0.05) is 12.1 Å². The lowest BCUT2D eigenvalue weighted by Gasteiger charge is -2.22. The number of benzene rings is 1. The Bertz CT molecular complexity index is 382. The van der Waals surface area contributed by atoms with Gasteiger partial charge in [0.05, 0.1) is 24.4 Å². The van der Waals surface area contributed by atoms with Crippen molar-refractivity contribution in [3.05, 3.63) is 12.1 Å². The molecule has 1 rings (SSSR count). The minimum atomic E-state index is 0.0540. The minimum Gasteiger partial charge on any atom is -0.487 e. The molecule has 0 fully saturated rings. The molecule has 0 aromatic heterocycles. The Morgan fingerprint density at radius 2 is 0.636 bits per heavy atom. The third-order valence-electron chi connectivity index (χ3n) is 2.46. The van der Waals surface area contributed by atoms with Crippen molar-refractivity contribution in [2.45, 2.75) is 79.8 Å². The predicted octanol–water partition coefficient (Wildman–Crippen LogP) is 4.84. The molecule has 0 heterocycles. The molecule has 0 atom stereocenters. The van der Waals surface area contributed by atoms with Gasteiger partial charge in [0.2, 0.25) is 0 Å². The highest BCUT2D eigenvalue weighted by atomic mass is 16.5. The van der Waals surface area contributed by atoms with E-state index in [-0.39, 0.29) is 24.4 Å². The summed E-state index contributed by atoms with van der Waals surface area (Å²) in [6.07, 6.45) is 0.216. The van der Waals surface area contributed by atoms with Crippen molar-refractivity contribution in [1.82, 2.24) is 0 Å². The molecule has 0 bridgehead atoms. The standard InChI is InChI=1S/C18H30O4/c1-11(2)19-15-9-17(21-13(5)6)18(22-14(7)8)10-16(15)20-12(3)4/h9-14H,1-8H3. The van der Waals surface area contributed by atoms with E-state index in [1.807, 2.05) is 67.5 Å². The summed E-state index contributed by atoms with van der Waals surface area (Å²) in [7, 11) is 0. The van der Waals surface area contributed by atoms with E-state index in [1.165, 1.54) is 0 Å². The van der Waals surface area contributed by atoms with Gasteiger partial charge < -0.3 is 18.9 Å². The van der Waals surface area contributed by atoms with Crippen LogP contribution in [0.25, 0.3) is 0 Å². The van der Waals surface area contributed by atoms with Crippen LogP contribution in [0.4, 0.5) is 0 Å². The van der Waals surface area contributed by atoms with Crippen LogP contribution in [0, 0.1) is 0 Å². The highest BCUT2D eigenvalue weighted by Gasteiger charge is 2.18. The third-order valence-corrected chi connectivity index (χ3v) is 2.46. The van der Waals surface area contributed by atoms with Crippen molar-refractivity contribution in [3.63, 3.8) is 0 Å². The molecule has 22 heavy (non-hydrogen) atoms. The maximum Gasteiger partial charge on any atom is 0.165 e. The summed E-state index contributed by atoms with van der Waals surface area (Å²) in [6, 6.07) is 3.71. The van der Waals surface area contributed by atoms with Crippen LogP contribution in [-0.2, 0) is 0 Å². The van der Waals surface area contributed by atoms with Crippen molar-refractivity contribution >= 4 is 0 Å². The second-order valence-electron chi connectivity index (χ2n) is 6.41. The zero-order valence-electron chi connectivity index (χ0n) is 15.1. The van der Waals surface area contributed by atoms with Crippen molar-refractivity contribution in [1.29, 1.82) is 0 Å². The molecule has 0 amide bonds. The third kappa shape index (κ3) is 6.04. The van der Waals surface area contributed by atoms with Crippen LogP contribution in [0.3, 0.4) is 0 Å². The highest BCUT2D eigenvalue weighted by Crippen LogP contribution is 2.41. The Morgan fingerprint density at radius 1 is 0.455 bits per heavy atom. The summed E-state index contributed by atoms with van der Waals surface area (Å²) >= 11 is 0. The average molecular weight is 310 g/mol. The smallest absolute Gasteiger partial charge is 0.165 e. The van der Waals surface area contributed by atoms with Gasteiger partial charge in [-0.2, -0.15) is 0 Å². The first-order valence-electron chi connectivity index (χ1n) is 8.03. The minimum absolute atomic E-state index is 0.0540. The Balaban J connectivity index is 3.27. The molecule has 0 spiro atoms. The molecule has 1 aromatic carbocycles. The van der Waals surface area contributed by atoms with Crippen LogP contribution in [0.2, 0.25) is 0 Å². The van der Waals surface area contributed by atoms with Gasteiger partial charge in [-0.05, 0) is 55.4 Å². The van der Waals surface area contributed by atoms with E-state index in [0.717, 1.165) is 0 Å². The highest BCUT2D eigenvalue weighted by molar-refractivity contribution is 5.54. The van der Waals surface area contributed by atoms with Gasteiger partial charge in [-0.15, -0.1) is 0 Å². The number of ether oxygens (including phenoxy) is 4. The summed E-state index contributed by atoms with van der Waals surface area (Å²) in [4.78, 5) is 0.